The van der Waals surface area contributed by atoms with Crippen molar-refractivity contribution in [1.82, 2.24) is 25.8 Å². The number of alkyl halides is 1. The van der Waals surface area contributed by atoms with Crippen molar-refractivity contribution in [3.05, 3.63) is 41.0 Å². The van der Waals surface area contributed by atoms with Crippen LogP contribution in [0.25, 0.3) is 10.4 Å². The number of aliphatic hydroxyl groups is 1. The molecule has 2 heterocycles. The molecule has 4 rings (SSSR count). The predicted octanol–water partition coefficient (Wildman–Crippen LogP) is 3.19. The number of hydrogen-bond acceptors (Lipinski definition) is 7. The number of benzene rings is 1. The van der Waals surface area contributed by atoms with Crippen molar-refractivity contribution in [1.29, 1.82) is 0 Å². The minimum Gasteiger partial charge on any atom is -0.391 e. The molecule has 4 atom stereocenters. The van der Waals surface area contributed by atoms with E-state index in [1.807, 2.05) is 45.0 Å². The number of aryl methyl sites for hydroxylation is 1. The molecule has 2 aliphatic rings. The van der Waals surface area contributed by atoms with Gasteiger partial charge in [0.25, 0.3) is 5.91 Å². The lowest BCUT2D eigenvalue weighted by Crippen LogP contribution is -2.59. The van der Waals surface area contributed by atoms with E-state index >= 15 is 0 Å². The molecule has 234 valence electrons. The van der Waals surface area contributed by atoms with Crippen molar-refractivity contribution in [2.75, 3.05) is 6.54 Å². The summed E-state index contributed by atoms with van der Waals surface area (Å²) in [5.41, 5.74) is 1.59. The van der Waals surface area contributed by atoms with Crippen LogP contribution in [0.4, 0.5) is 4.39 Å². The zero-order valence-corrected chi connectivity index (χ0v) is 26.4. The van der Waals surface area contributed by atoms with E-state index in [-0.39, 0.29) is 44.2 Å². The first-order valence-corrected chi connectivity index (χ1v) is 15.6. The van der Waals surface area contributed by atoms with Crippen LogP contribution in [0.1, 0.15) is 77.6 Å². The Kier molecular flexibility index (Phi) is 9.60. The molecular formula is C31H42FN5O5S. The van der Waals surface area contributed by atoms with E-state index in [0.717, 1.165) is 16.1 Å². The van der Waals surface area contributed by atoms with Gasteiger partial charge >= 0.3 is 0 Å². The number of thiazole rings is 1. The fourth-order valence-electron chi connectivity index (χ4n) is 5.25. The first-order valence-electron chi connectivity index (χ1n) is 14.7. The monoisotopic (exact) mass is 615 g/mol. The lowest BCUT2D eigenvalue weighted by atomic mass is 9.85. The number of aliphatic hydroxyl groups excluding tert-OH is 1. The Bertz CT molecular complexity index is 1350. The van der Waals surface area contributed by atoms with Gasteiger partial charge in [0, 0.05) is 19.0 Å². The van der Waals surface area contributed by atoms with Crippen LogP contribution in [0.15, 0.2) is 29.8 Å². The van der Waals surface area contributed by atoms with Crippen LogP contribution >= 0.6 is 11.3 Å². The average Bonchev–Trinajstić information content (AvgIpc) is 3.33. The largest absolute Gasteiger partial charge is 0.391 e. The summed E-state index contributed by atoms with van der Waals surface area (Å²) in [7, 11) is 0. The summed E-state index contributed by atoms with van der Waals surface area (Å²) in [5.74, 6) is -2.19. The number of likely N-dealkylation sites (tertiary alicyclic amines) is 1. The molecule has 0 bridgehead atoms. The van der Waals surface area contributed by atoms with Gasteiger partial charge in [-0.05, 0) is 50.2 Å². The molecule has 0 radical (unpaired) electrons. The van der Waals surface area contributed by atoms with Crippen molar-refractivity contribution in [3.8, 4) is 10.4 Å². The molecule has 1 aliphatic carbocycles. The third kappa shape index (κ3) is 7.77. The predicted molar refractivity (Wildman–Crippen MR) is 162 cm³/mol. The van der Waals surface area contributed by atoms with E-state index in [1.165, 1.54) is 16.2 Å². The van der Waals surface area contributed by atoms with Crippen LogP contribution in [0.3, 0.4) is 0 Å². The van der Waals surface area contributed by atoms with Gasteiger partial charge in [-0.1, -0.05) is 45.0 Å². The number of halogens is 1. The number of nitrogens with one attached hydrogen (secondary N) is 3. The number of hydrogen-bond donors (Lipinski definition) is 4. The number of amides is 4. The van der Waals surface area contributed by atoms with Crippen LogP contribution in [-0.4, -0.2) is 75.1 Å². The molecule has 12 heteroatoms. The van der Waals surface area contributed by atoms with Crippen molar-refractivity contribution >= 4 is 35.0 Å². The maximum Gasteiger partial charge on any atom is 0.258 e. The highest BCUT2D eigenvalue weighted by molar-refractivity contribution is 7.13. The Labute approximate surface area is 255 Å². The van der Waals surface area contributed by atoms with Gasteiger partial charge in [-0.25, -0.2) is 9.37 Å². The second-order valence-electron chi connectivity index (χ2n) is 13.0. The maximum atomic E-state index is 14.5. The van der Waals surface area contributed by atoms with Gasteiger partial charge in [-0.2, -0.15) is 0 Å². The Hall–Kier alpha value is -3.38. The standard InChI is InChI=1S/C31H42FN5O5S/c1-17(2)34-24(39)14-22(19-7-9-20(10-8-19)25-18(3)33-16-43-25)35-27(40)23-13-21(38)15-37(23)28(41)26(30(4,5)6)36-29(42)31(32)11-12-31/h7-10,16-17,21-23,26,38H,11-15H2,1-6H3,(H,34,39)(H,35,40)(H,36,42)/t21-,22+,23?,26?/m1/s1. The highest BCUT2D eigenvalue weighted by Gasteiger charge is 2.53. The summed E-state index contributed by atoms with van der Waals surface area (Å²) in [6, 6.07) is 4.58. The SMILES string of the molecule is Cc1ncsc1-c1ccc([C@H](CC(=O)NC(C)C)NC(=O)C2C[C@@H](O)CN2C(=O)C(NC(=O)C2(F)CC2)C(C)(C)C)cc1. The van der Waals surface area contributed by atoms with Gasteiger partial charge in [0.2, 0.25) is 17.7 Å². The summed E-state index contributed by atoms with van der Waals surface area (Å²) in [6.45, 7) is 10.8. The van der Waals surface area contributed by atoms with Crippen LogP contribution in [0.2, 0.25) is 0 Å². The van der Waals surface area contributed by atoms with Gasteiger partial charge in [0.1, 0.15) is 12.1 Å². The van der Waals surface area contributed by atoms with Gasteiger partial charge in [-0.15, -0.1) is 11.3 Å². The molecule has 1 aromatic heterocycles. The Morgan fingerprint density at radius 1 is 1.12 bits per heavy atom. The van der Waals surface area contributed by atoms with E-state index in [2.05, 4.69) is 20.9 Å². The molecule has 1 aromatic carbocycles. The van der Waals surface area contributed by atoms with Crippen LogP contribution in [-0.2, 0) is 19.2 Å². The van der Waals surface area contributed by atoms with Crippen LogP contribution in [0, 0.1) is 12.3 Å². The smallest absolute Gasteiger partial charge is 0.258 e. The maximum absolute atomic E-state index is 14.5. The minimum absolute atomic E-state index is 0.00999. The zero-order valence-electron chi connectivity index (χ0n) is 25.6. The molecule has 2 aromatic rings. The quantitative estimate of drug-likeness (QED) is 0.324. The first-order chi connectivity index (χ1) is 20.1. The summed E-state index contributed by atoms with van der Waals surface area (Å²) in [5, 5.41) is 18.9. The van der Waals surface area contributed by atoms with Crippen molar-refractivity contribution in [2.45, 2.75) is 103 Å². The van der Waals surface area contributed by atoms with Crippen molar-refractivity contribution < 1.29 is 28.7 Å². The molecule has 43 heavy (non-hydrogen) atoms. The number of aromatic nitrogens is 1. The lowest BCUT2D eigenvalue weighted by Gasteiger charge is -2.36. The molecule has 1 saturated carbocycles. The number of rotatable bonds is 10. The number of carbonyl (C=O) groups excluding carboxylic acids is 4. The Balaban J connectivity index is 1.56. The number of β-amino-alcohol motifs (C(OH)–C–C–N with tert-alkyl or cyclic N) is 1. The molecule has 4 N–H and O–H groups in total. The second-order valence-corrected chi connectivity index (χ2v) is 13.9. The van der Waals surface area contributed by atoms with Crippen molar-refractivity contribution in [2.24, 2.45) is 5.41 Å². The van der Waals surface area contributed by atoms with Gasteiger partial charge in [0.15, 0.2) is 5.67 Å². The normalized spacial score (nSPS) is 20.8. The third-order valence-electron chi connectivity index (χ3n) is 7.83. The molecule has 2 fully saturated rings. The molecule has 0 spiro atoms. The van der Waals surface area contributed by atoms with Crippen molar-refractivity contribution in [3.63, 3.8) is 0 Å². The fraction of sp³-hybridized carbons (Fsp3) is 0.581. The van der Waals surface area contributed by atoms with E-state index in [9.17, 15) is 28.7 Å². The molecule has 2 unspecified atom stereocenters. The lowest BCUT2D eigenvalue weighted by molar-refractivity contribution is -0.145. The summed E-state index contributed by atoms with van der Waals surface area (Å²) >= 11 is 1.52. The van der Waals surface area contributed by atoms with E-state index in [1.54, 1.807) is 26.3 Å². The highest BCUT2D eigenvalue weighted by Crippen LogP contribution is 2.40. The summed E-state index contributed by atoms with van der Waals surface area (Å²) in [6.07, 6.45) is -0.798. The summed E-state index contributed by atoms with van der Waals surface area (Å²) in [4.78, 5) is 59.5. The van der Waals surface area contributed by atoms with Crippen LogP contribution < -0.4 is 16.0 Å². The van der Waals surface area contributed by atoms with Gasteiger partial charge in [0.05, 0.1) is 34.6 Å². The topological polar surface area (TPSA) is 141 Å². The van der Waals surface area contributed by atoms with Crippen LogP contribution in [0.5, 0.6) is 0 Å². The Morgan fingerprint density at radius 3 is 2.30 bits per heavy atom. The molecule has 1 aliphatic heterocycles. The highest BCUT2D eigenvalue weighted by atomic mass is 32.1. The van der Waals surface area contributed by atoms with E-state index in [0.29, 0.717) is 5.56 Å². The molecule has 1 saturated heterocycles. The molecule has 10 nitrogen and oxygen atoms in total. The molecular weight excluding hydrogens is 573 g/mol. The third-order valence-corrected chi connectivity index (χ3v) is 8.80. The number of nitrogens with zero attached hydrogens (tertiary/aromatic N) is 2. The molecule has 4 amide bonds. The van der Waals surface area contributed by atoms with Gasteiger partial charge in [-0.3, -0.25) is 19.2 Å². The van der Waals surface area contributed by atoms with Gasteiger partial charge < -0.3 is 26.0 Å². The number of carbonyl (C=O) groups is 4. The Morgan fingerprint density at radius 2 is 1.77 bits per heavy atom. The average molecular weight is 616 g/mol. The first kappa shape index (κ1) is 32.5. The van der Waals surface area contributed by atoms with E-state index in [4.69, 9.17) is 0 Å². The zero-order chi connectivity index (χ0) is 31.7. The second kappa shape index (κ2) is 12.7. The fourth-order valence-corrected chi connectivity index (χ4v) is 6.06. The minimum atomic E-state index is -1.97. The van der Waals surface area contributed by atoms with E-state index < -0.39 is 53.0 Å². The summed E-state index contributed by atoms with van der Waals surface area (Å²) < 4.78 is 14.5.